The zero-order valence-corrected chi connectivity index (χ0v) is 15.9. The van der Waals surface area contributed by atoms with Gasteiger partial charge in [0.1, 0.15) is 5.60 Å². The van der Waals surface area contributed by atoms with E-state index in [0.717, 1.165) is 26.6 Å². The van der Waals surface area contributed by atoms with Crippen LogP contribution in [0.3, 0.4) is 0 Å². The lowest BCUT2D eigenvalue weighted by molar-refractivity contribution is -0.116. The maximum absolute atomic E-state index is 12.2. The predicted octanol–water partition coefficient (Wildman–Crippen LogP) is 3.73. The van der Waals surface area contributed by atoms with Gasteiger partial charge in [0.2, 0.25) is 5.91 Å². The number of benzene rings is 1. The number of thiophene rings is 1. The van der Waals surface area contributed by atoms with E-state index < -0.39 is 5.60 Å². The van der Waals surface area contributed by atoms with Crippen LogP contribution in [0.1, 0.15) is 41.5 Å². The average Bonchev–Trinajstić information content (AvgIpc) is 3.26. The largest absolute Gasteiger partial charge is 0.378 e. The first kappa shape index (κ1) is 17.5. The molecule has 1 aliphatic heterocycles. The summed E-state index contributed by atoms with van der Waals surface area (Å²) in [6.07, 6.45) is 0.366. The van der Waals surface area contributed by atoms with Crippen molar-refractivity contribution in [1.29, 1.82) is 0 Å². The molecule has 1 aliphatic rings. The number of rotatable bonds is 2. The smallest absolute Gasteiger partial charge is 0.226 e. The Bertz CT molecular complexity index is 1050. The van der Waals surface area contributed by atoms with Crippen LogP contribution >= 0.6 is 11.3 Å². The Morgan fingerprint density at radius 2 is 2.00 bits per heavy atom. The molecule has 3 N–H and O–H groups in total. The molecule has 6 heteroatoms. The van der Waals surface area contributed by atoms with Crippen molar-refractivity contribution in [3.63, 3.8) is 0 Å². The highest BCUT2D eigenvalue weighted by Crippen LogP contribution is 2.43. The van der Waals surface area contributed by atoms with Crippen LogP contribution in [0.2, 0.25) is 0 Å². The van der Waals surface area contributed by atoms with E-state index in [4.69, 9.17) is 0 Å². The van der Waals surface area contributed by atoms with Crippen molar-refractivity contribution in [1.82, 2.24) is 10.2 Å². The SMILES string of the molecule is CC(C)(O)C#Cc1ccc([C@H]2CC(=O)Nc3n[nH]c(-c4ccccc4)c32)s1. The number of aromatic nitrogens is 2. The van der Waals surface area contributed by atoms with Crippen molar-refractivity contribution in [3.05, 3.63) is 57.8 Å². The number of amides is 1. The third-order valence-corrected chi connectivity index (χ3v) is 5.44. The van der Waals surface area contributed by atoms with E-state index in [1.165, 1.54) is 0 Å². The molecule has 0 bridgehead atoms. The van der Waals surface area contributed by atoms with Gasteiger partial charge in [-0.2, -0.15) is 5.10 Å². The minimum atomic E-state index is -1.03. The highest BCUT2D eigenvalue weighted by molar-refractivity contribution is 7.12. The molecule has 1 amide bonds. The number of hydrogen-bond acceptors (Lipinski definition) is 4. The molecule has 0 saturated carbocycles. The number of aromatic amines is 1. The molecular weight excluding hydrogens is 358 g/mol. The highest BCUT2D eigenvalue weighted by Gasteiger charge is 2.32. The molecule has 27 heavy (non-hydrogen) atoms. The van der Waals surface area contributed by atoms with Gasteiger partial charge < -0.3 is 10.4 Å². The van der Waals surface area contributed by atoms with Crippen LogP contribution in [-0.4, -0.2) is 26.8 Å². The number of aliphatic hydroxyl groups is 1. The highest BCUT2D eigenvalue weighted by atomic mass is 32.1. The fourth-order valence-electron chi connectivity index (χ4n) is 3.15. The van der Waals surface area contributed by atoms with Gasteiger partial charge in [0.25, 0.3) is 0 Å². The Balaban J connectivity index is 1.75. The number of nitrogens with zero attached hydrogens (tertiary/aromatic N) is 1. The van der Waals surface area contributed by atoms with Gasteiger partial charge in [-0.25, -0.2) is 0 Å². The van der Waals surface area contributed by atoms with E-state index >= 15 is 0 Å². The molecule has 3 aromatic rings. The summed E-state index contributed by atoms with van der Waals surface area (Å²) >= 11 is 1.55. The van der Waals surface area contributed by atoms with Crippen LogP contribution in [0.25, 0.3) is 11.3 Å². The number of H-pyrrole nitrogens is 1. The summed E-state index contributed by atoms with van der Waals surface area (Å²) in [5.41, 5.74) is 1.93. The number of fused-ring (bicyclic) bond motifs is 1. The third kappa shape index (κ3) is 3.65. The van der Waals surface area contributed by atoms with E-state index in [2.05, 4.69) is 27.4 Å². The van der Waals surface area contributed by atoms with Crippen LogP contribution in [-0.2, 0) is 4.79 Å². The van der Waals surface area contributed by atoms with Crippen LogP contribution in [0.5, 0.6) is 0 Å². The normalized spacial score (nSPS) is 16.3. The molecule has 136 valence electrons. The molecule has 1 aromatic carbocycles. The molecular formula is C21H19N3O2S. The second kappa shape index (κ2) is 6.69. The second-order valence-corrected chi connectivity index (χ2v) is 8.16. The summed E-state index contributed by atoms with van der Waals surface area (Å²) in [7, 11) is 0. The molecule has 0 unspecified atom stereocenters. The Morgan fingerprint density at radius 1 is 1.22 bits per heavy atom. The molecule has 0 fully saturated rings. The number of nitrogens with one attached hydrogen (secondary N) is 2. The lowest BCUT2D eigenvalue weighted by Crippen LogP contribution is -2.22. The molecule has 5 nitrogen and oxygen atoms in total. The summed E-state index contributed by atoms with van der Waals surface area (Å²) in [5.74, 6) is 6.31. The Morgan fingerprint density at radius 3 is 2.74 bits per heavy atom. The molecule has 0 aliphatic carbocycles. The number of carbonyl (C=O) groups is 1. The van der Waals surface area contributed by atoms with Crippen molar-refractivity contribution in [3.8, 4) is 23.1 Å². The molecule has 2 aromatic heterocycles. The van der Waals surface area contributed by atoms with Crippen molar-refractivity contribution >= 4 is 23.1 Å². The van der Waals surface area contributed by atoms with Crippen LogP contribution < -0.4 is 5.32 Å². The van der Waals surface area contributed by atoms with Gasteiger partial charge in [0.15, 0.2) is 5.82 Å². The predicted molar refractivity (Wildman–Crippen MR) is 107 cm³/mol. The van der Waals surface area contributed by atoms with Gasteiger partial charge >= 0.3 is 0 Å². The van der Waals surface area contributed by atoms with Gasteiger partial charge in [0.05, 0.1) is 10.6 Å². The van der Waals surface area contributed by atoms with Crippen molar-refractivity contribution in [2.75, 3.05) is 5.32 Å². The Kier molecular flexibility index (Phi) is 4.34. The maximum Gasteiger partial charge on any atom is 0.226 e. The van der Waals surface area contributed by atoms with Gasteiger partial charge in [-0.05, 0) is 31.5 Å². The van der Waals surface area contributed by atoms with Crippen LogP contribution in [0.15, 0.2) is 42.5 Å². The van der Waals surface area contributed by atoms with Crippen molar-refractivity contribution < 1.29 is 9.90 Å². The molecule has 3 heterocycles. The van der Waals surface area contributed by atoms with Gasteiger partial charge in [-0.3, -0.25) is 9.89 Å². The molecule has 4 rings (SSSR count). The van der Waals surface area contributed by atoms with Crippen LogP contribution in [0, 0.1) is 11.8 Å². The molecule has 0 saturated heterocycles. The first-order valence-corrected chi connectivity index (χ1v) is 9.51. The van der Waals surface area contributed by atoms with E-state index in [1.54, 1.807) is 25.2 Å². The number of carbonyl (C=O) groups excluding carboxylic acids is 1. The van der Waals surface area contributed by atoms with E-state index in [-0.39, 0.29) is 11.8 Å². The Labute approximate surface area is 161 Å². The maximum atomic E-state index is 12.2. The minimum absolute atomic E-state index is 0.0452. The third-order valence-electron chi connectivity index (χ3n) is 4.32. The zero-order chi connectivity index (χ0) is 19.0. The molecule has 0 spiro atoms. The summed E-state index contributed by atoms with van der Waals surface area (Å²) in [4.78, 5) is 14.1. The van der Waals surface area contributed by atoms with Gasteiger partial charge in [-0.15, -0.1) is 11.3 Å². The minimum Gasteiger partial charge on any atom is -0.378 e. The zero-order valence-electron chi connectivity index (χ0n) is 15.0. The van der Waals surface area contributed by atoms with Crippen molar-refractivity contribution in [2.24, 2.45) is 0 Å². The monoisotopic (exact) mass is 377 g/mol. The van der Waals surface area contributed by atoms with E-state index in [0.29, 0.717) is 12.2 Å². The standard InChI is InChI=1S/C21H19N3O2S/c1-21(2,26)11-10-14-8-9-16(27-14)15-12-17(25)22-20-18(15)19(23-24-20)13-6-4-3-5-7-13/h3-9,15,26H,12H2,1-2H3,(H2,22,23,24,25)/t15-/m1/s1. The van der Waals surface area contributed by atoms with Crippen LogP contribution in [0.4, 0.5) is 5.82 Å². The second-order valence-electron chi connectivity index (χ2n) is 7.04. The molecule has 1 atom stereocenters. The summed E-state index contributed by atoms with van der Waals surface area (Å²) in [5, 5.41) is 20.1. The first-order valence-electron chi connectivity index (χ1n) is 8.69. The fourth-order valence-corrected chi connectivity index (χ4v) is 4.12. The van der Waals surface area contributed by atoms with Gasteiger partial charge in [0, 0.05) is 22.8 Å². The lowest BCUT2D eigenvalue weighted by Gasteiger charge is -2.22. The van der Waals surface area contributed by atoms with Crippen molar-refractivity contribution in [2.45, 2.75) is 31.8 Å². The number of anilines is 1. The first-order chi connectivity index (χ1) is 12.9. The van der Waals surface area contributed by atoms with E-state index in [1.807, 2.05) is 42.5 Å². The fraction of sp³-hybridized carbons (Fsp3) is 0.238. The Hall–Kier alpha value is -2.88. The topological polar surface area (TPSA) is 78.0 Å². The average molecular weight is 377 g/mol. The summed E-state index contributed by atoms with van der Waals surface area (Å²) in [6.45, 7) is 3.31. The van der Waals surface area contributed by atoms with E-state index in [9.17, 15) is 9.90 Å². The summed E-state index contributed by atoms with van der Waals surface area (Å²) < 4.78 is 0. The van der Waals surface area contributed by atoms with Gasteiger partial charge in [-0.1, -0.05) is 42.2 Å². The molecule has 0 radical (unpaired) electrons. The quantitative estimate of drug-likeness (QED) is 0.596. The lowest BCUT2D eigenvalue weighted by atomic mass is 9.89. The number of hydrogen-bond donors (Lipinski definition) is 3. The summed E-state index contributed by atoms with van der Waals surface area (Å²) in [6, 6.07) is 13.9.